The van der Waals surface area contributed by atoms with E-state index in [4.69, 9.17) is 15.7 Å². The largest absolute Gasteiger partial charge is 0.506 e. The third-order valence-electron chi connectivity index (χ3n) is 2.11. The molecule has 0 heterocycles. The highest BCUT2D eigenvalue weighted by molar-refractivity contribution is 5.99. The highest BCUT2D eigenvalue weighted by atomic mass is 16.5. The van der Waals surface area contributed by atoms with E-state index in [0.29, 0.717) is 0 Å². The first kappa shape index (κ1) is 12.0. The number of nitrogens with zero attached hydrogens (tertiary/aromatic N) is 1. The van der Waals surface area contributed by atoms with Gasteiger partial charge in [-0.05, 0) is 12.6 Å². The highest BCUT2D eigenvalue weighted by Gasteiger charge is 2.15. The molecule has 1 aromatic carbocycles. The molecule has 0 radical (unpaired) electrons. The molecule has 5 nitrogen and oxygen atoms in total. The Balaban J connectivity index is 3.26. The van der Waals surface area contributed by atoms with Crippen molar-refractivity contribution in [2.24, 2.45) is 5.73 Å². The van der Waals surface area contributed by atoms with Crippen LogP contribution < -0.4 is 10.5 Å². The van der Waals surface area contributed by atoms with Crippen molar-refractivity contribution in [1.82, 2.24) is 0 Å². The van der Waals surface area contributed by atoms with Crippen LogP contribution in [-0.2, 0) is 0 Å². The maximum atomic E-state index is 11.7. The maximum Gasteiger partial charge on any atom is 0.167 e. The number of phenolic OH excluding ortho intramolecular Hbond substituents is 1. The Labute approximate surface area is 93.1 Å². The van der Waals surface area contributed by atoms with Gasteiger partial charge in [-0.1, -0.05) is 0 Å². The summed E-state index contributed by atoms with van der Waals surface area (Å²) >= 11 is 0. The minimum Gasteiger partial charge on any atom is -0.506 e. The van der Waals surface area contributed by atoms with Crippen molar-refractivity contribution in [3.05, 3.63) is 23.3 Å². The van der Waals surface area contributed by atoms with E-state index in [2.05, 4.69) is 0 Å². The fourth-order valence-electron chi connectivity index (χ4n) is 1.31. The summed E-state index contributed by atoms with van der Waals surface area (Å²) in [4.78, 5) is 11.7. The lowest BCUT2D eigenvalue weighted by Gasteiger charge is -2.08. The standard InChI is InChI=1S/C11H12N2O3/c1-16-11-5-10(15)7(6-13)4-8(11)9(14)2-3-12/h4-5,15H,2-3,12H2,1H3. The van der Waals surface area contributed by atoms with E-state index in [0.717, 1.165) is 0 Å². The minimum absolute atomic E-state index is 0.0428. The molecule has 3 N–H and O–H groups in total. The molecular weight excluding hydrogens is 208 g/mol. The zero-order valence-corrected chi connectivity index (χ0v) is 8.86. The lowest BCUT2D eigenvalue weighted by atomic mass is 10.0. The van der Waals surface area contributed by atoms with E-state index < -0.39 is 0 Å². The molecule has 1 rings (SSSR count). The van der Waals surface area contributed by atoms with Gasteiger partial charge in [-0.25, -0.2) is 0 Å². The first-order valence-electron chi connectivity index (χ1n) is 4.68. The van der Waals surface area contributed by atoms with Crippen molar-refractivity contribution < 1.29 is 14.6 Å². The molecule has 0 aromatic heterocycles. The quantitative estimate of drug-likeness (QED) is 0.732. The topological polar surface area (TPSA) is 96.3 Å². The molecule has 0 aliphatic carbocycles. The molecule has 5 heteroatoms. The van der Waals surface area contributed by atoms with Gasteiger partial charge in [0.05, 0.1) is 18.2 Å². The fraction of sp³-hybridized carbons (Fsp3) is 0.273. The van der Waals surface area contributed by atoms with E-state index in [-0.39, 0.29) is 41.4 Å². The average molecular weight is 220 g/mol. The summed E-state index contributed by atoms with van der Waals surface area (Å²) in [5, 5.41) is 18.2. The first-order valence-corrected chi connectivity index (χ1v) is 4.68. The number of aromatic hydroxyl groups is 1. The Morgan fingerprint density at radius 1 is 1.62 bits per heavy atom. The van der Waals surface area contributed by atoms with Gasteiger partial charge >= 0.3 is 0 Å². The van der Waals surface area contributed by atoms with Crippen LogP contribution in [0.15, 0.2) is 12.1 Å². The van der Waals surface area contributed by atoms with E-state index in [1.807, 2.05) is 0 Å². The molecule has 0 aliphatic heterocycles. The number of ketones is 1. The smallest absolute Gasteiger partial charge is 0.167 e. The van der Waals surface area contributed by atoms with Crippen LogP contribution >= 0.6 is 0 Å². The first-order chi connectivity index (χ1) is 7.63. The predicted octanol–water partition coefficient (Wildman–Crippen LogP) is 0.804. The summed E-state index contributed by atoms with van der Waals surface area (Å²) in [6.45, 7) is 0.227. The molecule has 84 valence electrons. The van der Waals surface area contributed by atoms with Crippen LogP contribution in [0.1, 0.15) is 22.3 Å². The molecule has 16 heavy (non-hydrogen) atoms. The van der Waals surface area contributed by atoms with Gasteiger partial charge in [-0.15, -0.1) is 0 Å². The lowest BCUT2D eigenvalue weighted by Crippen LogP contribution is -2.09. The van der Waals surface area contributed by atoms with Crippen molar-refractivity contribution in [2.75, 3.05) is 13.7 Å². The van der Waals surface area contributed by atoms with Gasteiger partial charge in [0.15, 0.2) is 5.78 Å². The molecule has 0 unspecified atom stereocenters. The fourth-order valence-corrected chi connectivity index (χ4v) is 1.31. The van der Waals surface area contributed by atoms with Crippen LogP contribution in [0.2, 0.25) is 0 Å². The zero-order valence-electron chi connectivity index (χ0n) is 8.86. The van der Waals surface area contributed by atoms with E-state index in [1.54, 1.807) is 6.07 Å². The van der Waals surface area contributed by atoms with Gasteiger partial charge < -0.3 is 15.6 Å². The van der Waals surface area contributed by atoms with Crippen molar-refractivity contribution in [3.63, 3.8) is 0 Å². The third kappa shape index (κ3) is 2.30. The monoisotopic (exact) mass is 220 g/mol. The van der Waals surface area contributed by atoms with Crippen molar-refractivity contribution in [1.29, 1.82) is 5.26 Å². The summed E-state index contributed by atoms with van der Waals surface area (Å²) in [5.74, 6) is -0.172. The van der Waals surface area contributed by atoms with Crippen molar-refractivity contribution >= 4 is 5.78 Å². The maximum absolute atomic E-state index is 11.7. The number of benzene rings is 1. The number of hydrogen-bond acceptors (Lipinski definition) is 5. The number of carbonyl (C=O) groups excluding carboxylic acids is 1. The number of hydrogen-bond donors (Lipinski definition) is 2. The number of nitriles is 1. The molecule has 0 amide bonds. The van der Waals surface area contributed by atoms with Gasteiger partial charge in [-0.3, -0.25) is 4.79 Å². The molecular formula is C11H12N2O3. The van der Waals surface area contributed by atoms with E-state index >= 15 is 0 Å². The Kier molecular flexibility index (Phi) is 3.86. The van der Waals surface area contributed by atoms with Gasteiger partial charge in [0.25, 0.3) is 0 Å². The van der Waals surface area contributed by atoms with Crippen LogP contribution in [0.3, 0.4) is 0 Å². The normalized spacial score (nSPS) is 9.56. The highest BCUT2D eigenvalue weighted by Crippen LogP contribution is 2.28. The summed E-state index contributed by atoms with van der Waals surface area (Å²) in [5.41, 5.74) is 5.59. The number of Topliss-reactive ketones (excluding diaryl/α,β-unsaturated/α-hetero) is 1. The van der Waals surface area contributed by atoms with E-state index in [9.17, 15) is 9.90 Å². The van der Waals surface area contributed by atoms with Crippen LogP contribution in [0, 0.1) is 11.3 Å². The molecule has 0 spiro atoms. The van der Waals surface area contributed by atoms with Gasteiger partial charge in [0, 0.05) is 12.5 Å². The SMILES string of the molecule is COc1cc(O)c(C#N)cc1C(=O)CCN. The molecule has 0 bridgehead atoms. The number of nitrogens with two attached hydrogens (primary N) is 1. The summed E-state index contributed by atoms with van der Waals surface area (Å²) < 4.78 is 4.96. The van der Waals surface area contributed by atoms with Crippen LogP contribution in [0.5, 0.6) is 11.5 Å². The number of carbonyl (C=O) groups is 1. The van der Waals surface area contributed by atoms with Crippen molar-refractivity contribution in [2.45, 2.75) is 6.42 Å². The van der Waals surface area contributed by atoms with Gasteiger partial charge in [0.1, 0.15) is 17.6 Å². The van der Waals surface area contributed by atoms with Crippen molar-refractivity contribution in [3.8, 4) is 17.6 Å². The van der Waals surface area contributed by atoms with E-state index in [1.165, 1.54) is 19.2 Å². The average Bonchev–Trinajstić information content (AvgIpc) is 2.28. The van der Waals surface area contributed by atoms with Gasteiger partial charge in [-0.2, -0.15) is 5.26 Å². The molecule has 0 fully saturated rings. The predicted molar refractivity (Wildman–Crippen MR) is 57.4 cm³/mol. The van der Waals surface area contributed by atoms with Gasteiger partial charge in [0.2, 0.25) is 0 Å². The lowest BCUT2D eigenvalue weighted by molar-refractivity contribution is 0.0982. The molecule has 0 saturated carbocycles. The molecule has 0 atom stereocenters. The Morgan fingerprint density at radius 3 is 2.81 bits per heavy atom. The second kappa shape index (κ2) is 5.14. The second-order valence-electron chi connectivity index (χ2n) is 3.14. The zero-order chi connectivity index (χ0) is 12.1. The summed E-state index contributed by atoms with van der Waals surface area (Å²) in [6, 6.07) is 4.36. The number of rotatable bonds is 4. The van der Waals surface area contributed by atoms with Crippen LogP contribution in [0.4, 0.5) is 0 Å². The number of ether oxygens (including phenoxy) is 1. The number of phenols is 1. The third-order valence-corrected chi connectivity index (χ3v) is 2.11. The van der Waals surface area contributed by atoms with Crippen LogP contribution in [-0.4, -0.2) is 24.5 Å². The second-order valence-corrected chi connectivity index (χ2v) is 3.14. The molecule has 0 saturated heterocycles. The van der Waals surface area contributed by atoms with Crippen LogP contribution in [0.25, 0.3) is 0 Å². The molecule has 1 aromatic rings. The minimum atomic E-state index is -0.212. The molecule has 0 aliphatic rings. The Bertz CT molecular complexity index is 449. The summed E-state index contributed by atoms with van der Waals surface area (Å²) in [6.07, 6.45) is 0.173. The Morgan fingerprint density at radius 2 is 2.31 bits per heavy atom. The summed E-state index contributed by atoms with van der Waals surface area (Å²) in [7, 11) is 1.39. The Hall–Kier alpha value is -2.06. The number of methoxy groups -OCH3 is 1.